The maximum Gasteiger partial charge on any atom is 0.310 e. The Labute approximate surface area is 132 Å². The van der Waals surface area contributed by atoms with Crippen LogP contribution in [0.4, 0.5) is 0 Å². The van der Waals surface area contributed by atoms with Gasteiger partial charge in [0.25, 0.3) is 0 Å². The van der Waals surface area contributed by atoms with Crippen LogP contribution < -0.4 is 0 Å². The number of aromatic amines is 1. The van der Waals surface area contributed by atoms with Gasteiger partial charge in [0.1, 0.15) is 5.82 Å². The van der Waals surface area contributed by atoms with Crippen LogP contribution in [0.1, 0.15) is 37.9 Å². The van der Waals surface area contributed by atoms with Crippen molar-refractivity contribution in [2.45, 2.75) is 38.5 Å². The first-order valence-corrected chi connectivity index (χ1v) is 7.83. The van der Waals surface area contributed by atoms with E-state index in [1.54, 1.807) is 12.1 Å². The first-order chi connectivity index (χ1) is 10.00. The van der Waals surface area contributed by atoms with E-state index >= 15 is 0 Å². The normalized spacial score (nSPS) is 18.0. The van der Waals surface area contributed by atoms with Crippen molar-refractivity contribution in [3.63, 3.8) is 0 Å². The van der Waals surface area contributed by atoms with Crippen molar-refractivity contribution >= 4 is 40.2 Å². The number of H-pyrrole nitrogens is 1. The van der Waals surface area contributed by atoms with Gasteiger partial charge in [-0.1, -0.05) is 42.5 Å². The third kappa shape index (κ3) is 2.74. The summed E-state index contributed by atoms with van der Waals surface area (Å²) in [5.41, 5.74) is 0.811. The summed E-state index contributed by atoms with van der Waals surface area (Å²) in [5, 5.41) is 10.5. The average molecular weight is 327 g/mol. The molecule has 2 N–H and O–H groups in total. The van der Waals surface area contributed by atoms with Gasteiger partial charge in [0.05, 0.1) is 26.5 Å². The third-order valence-electron chi connectivity index (χ3n) is 4.34. The number of aliphatic carboxylic acids is 1. The van der Waals surface area contributed by atoms with Crippen LogP contribution >= 0.6 is 23.2 Å². The zero-order valence-corrected chi connectivity index (χ0v) is 13.0. The highest BCUT2D eigenvalue weighted by molar-refractivity contribution is 6.42. The molecule has 6 heteroatoms. The molecule has 0 spiro atoms. The van der Waals surface area contributed by atoms with Crippen LogP contribution in [0.25, 0.3) is 11.0 Å². The summed E-state index contributed by atoms with van der Waals surface area (Å²) in [7, 11) is 0. The zero-order chi connectivity index (χ0) is 15.0. The lowest BCUT2D eigenvalue weighted by Crippen LogP contribution is -2.35. The minimum absolute atomic E-state index is 0.423. The molecule has 0 aliphatic heterocycles. The van der Waals surface area contributed by atoms with Crippen molar-refractivity contribution in [1.82, 2.24) is 9.97 Å². The molecule has 112 valence electrons. The van der Waals surface area contributed by atoms with Gasteiger partial charge >= 0.3 is 5.97 Å². The second-order valence-corrected chi connectivity index (χ2v) is 6.60. The van der Waals surface area contributed by atoms with E-state index in [0.29, 0.717) is 35.1 Å². The van der Waals surface area contributed by atoms with Crippen molar-refractivity contribution in [3.05, 3.63) is 28.0 Å². The van der Waals surface area contributed by atoms with Gasteiger partial charge in [-0.2, -0.15) is 0 Å². The van der Waals surface area contributed by atoms with E-state index in [1.807, 2.05) is 0 Å². The van der Waals surface area contributed by atoms with Gasteiger partial charge in [0.15, 0.2) is 0 Å². The predicted octanol–water partition coefficient (Wildman–Crippen LogP) is 4.45. The lowest BCUT2D eigenvalue weighted by atomic mass is 9.72. The smallest absolute Gasteiger partial charge is 0.310 e. The molecule has 0 unspecified atom stereocenters. The molecule has 1 saturated carbocycles. The number of imidazole rings is 1. The summed E-state index contributed by atoms with van der Waals surface area (Å²) < 4.78 is 0. The van der Waals surface area contributed by atoms with Gasteiger partial charge in [0, 0.05) is 6.42 Å². The number of halogens is 2. The Hall–Kier alpha value is -1.26. The Bertz CT molecular complexity index is 651. The van der Waals surface area contributed by atoms with Gasteiger partial charge in [-0.05, 0) is 25.0 Å². The molecule has 0 amide bonds. The monoisotopic (exact) mass is 326 g/mol. The van der Waals surface area contributed by atoms with Gasteiger partial charge in [-0.3, -0.25) is 4.79 Å². The van der Waals surface area contributed by atoms with E-state index in [4.69, 9.17) is 23.2 Å². The number of hydrogen-bond donors (Lipinski definition) is 2. The fraction of sp³-hybridized carbons (Fsp3) is 0.467. The van der Waals surface area contributed by atoms with Gasteiger partial charge in [0.2, 0.25) is 0 Å². The fourth-order valence-electron chi connectivity index (χ4n) is 3.16. The fourth-order valence-corrected chi connectivity index (χ4v) is 3.48. The molecular weight excluding hydrogens is 311 g/mol. The quantitative estimate of drug-likeness (QED) is 0.875. The first-order valence-electron chi connectivity index (χ1n) is 7.07. The highest BCUT2D eigenvalue weighted by atomic mass is 35.5. The standard InChI is InChI=1S/C15H16Cl2N2O2/c16-9-6-11-12(7-10(9)17)19-13(18-11)8-15(14(20)21)4-2-1-3-5-15/h6-7H,1-5,8H2,(H,18,19)(H,20,21). The van der Waals surface area contributed by atoms with Crippen LogP contribution in [0.15, 0.2) is 12.1 Å². The number of rotatable bonds is 3. The number of aromatic nitrogens is 2. The SMILES string of the molecule is O=C(O)C1(Cc2nc3cc(Cl)c(Cl)cc3[nH]2)CCCCC1. The van der Waals surface area contributed by atoms with Crippen LogP contribution in [0.3, 0.4) is 0 Å². The number of fused-ring (bicyclic) bond motifs is 1. The van der Waals surface area contributed by atoms with Crippen molar-refractivity contribution in [1.29, 1.82) is 0 Å². The molecule has 1 aromatic heterocycles. The number of benzene rings is 1. The molecule has 1 heterocycles. The molecular formula is C15H16Cl2N2O2. The molecule has 0 saturated heterocycles. The number of carboxylic acids is 1. The van der Waals surface area contributed by atoms with Gasteiger partial charge < -0.3 is 10.1 Å². The molecule has 1 aromatic carbocycles. The molecule has 0 bridgehead atoms. The van der Waals surface area contributed by atoms with Crippen LogP contribution in [0, 0.1) is 5.41 Å². The Morgan fingerprint density at radius 1 is 1.24 bits per heavy atom. The van der Waals surface area contributed by atoms with E-state index in [-0.39, 0.29) is 0 Å². The summed E-state index contributed by atoms with van der Waals surface area (Å²) in [6.45, 7) is 0. The van der Waals surface area contributed by atoms with Gasteiger partial charge in [-0.15, -0.1) is 0 Å². The Morgan fingerprint density at radius 3 is 2.57 bits per heavy atom. The topological polar surface area (TPSA) is 66.0 Å². The zero-order valence-electron chi connectivity index (χ0n) is 11.5. The van der Waals surface area contributed by atoms with E-state index < -0.39 is 11.4 Å². The maximum absolute atomic E-state index is 11.7. The van der Waals surface area contributed by atoms with Crippen LogP contribution in [-0.2, 0) is 11.2 Å². The molecule has 2 aromatic rings. The summed E-state index contributed by atoms with van der Waals surface area (Å²) >= 11 is 12.0. The molecule has 4 nitrogen and oxygen atoms in total. The number of carbonyl (C=O) groups is 1. The van der Waals surface area contributed by atoms with E-state index in [0.717, 1.165) is 30.3 Å². The number of nitrogens with zero attached hydrogens (tertiary/aromatic N) is 1. The molecule has 1 aliphatic rings. The Morgan fingerprint density at radius 2 is 1.90 bits per heavy atom. The summed E-state index contributed by atoms with van der Waals surface area (Å²) in [4.78, 5) is 19.4. The lowest BCUT2D eigenvalue weighted by Gasteiger charge is -2.32. The van der Waals surface area contributed by atoms with Crippen LogP contribution in [0.2, 0.25) is 10.0 Å². The lowest BCUT2D eigenvalue weighted by molar-refractivity contribution is -0.151. The minimum atomic E-state index is -0.723. The van der Waals surface area contributed by atoms with E-state index in [9.17, 15) is 9.90 Å². The van der Waals surface area contributed by atoms with E-state index in [1.165, 1.54) is 0 Å². The Kier molecular flexibility index (Phi) is 3.84. The number of nitrogens with one attached hydrogen (secondary N) is 1. The predicted molar refractivity (Wildman–Crippen MR) is 83.0 cm³/mol. The molecule has 21 heavy (non-hydrogen) atoms. The van der Waals surface area contributed by atoms with E-state index in [2.05, 4.69) is 9.97 Å². The number of carboxylic acid groups (broad SMARTS) is 1. The third-order valence-corrected chi connectivity index (χ3v) is 5.07. The molecule has 1 aliphatic carbocycles. The largest absolute Gasteiger partial charge is 0.481 e. The van der Waals surface area contributed by atoms with Crippen molar-refractivity contribution < 1.29 is 9.90 Å². The second-order valence-electron chi connectivity index (χ2n) is 5.79. The summed E-state index contributed by atoms with van der Waals surface area (Å²) in [5.74, 6) is -0.0358. The minimum Gasteiger partial charge on any atom is -0.481 e. The molecule has 3 rings (SSSR count). The van der Waals surface area contributed by atoms with Gasteiger partial charge in [-0.25, -0.2) is 4.98 Å². The molecule has 0 atom stereocenters. The maximum atomic E-state index is 11.7. The van der Waals surface area contributed by atoms with Crippen LogP contribution in [0.5, 0.6) is 0 Å². The second kappa shape index (κ2) is 5.50. The van der Waals surface area contributed by atoms with Crippen molar-refractivity contribution in [3.8, 4) is 0 Å². The summed E-state index contributed by atoms with van der Waals surface area (Å²) in [6, 6.07) is 3.43. The summed E-state index contributed by atoms with van der Waals surface area (Å²) in [6.07, 6.45) is 4.88. The average Bonchev–Trinajstić information content (AvgIpc) is 2.81. The highest BCUT2D eigenvalue weighted by Gasteiger charge is 2.40. The highest BCUT2D eigenvalue weighted by Crippen LogP contribution is 2.39. The van der Waals surface area contributed by atoms with Crippen molar-refractivity contribution in [2.24, 2.45) is 5.41 Å². The first kappa shape index (κ1) is 14.7. The Balaban J connectivity index is 1.94. The van der Waals surface area contributed by atoms with Crippen molar-refractivity contribution in [2.75, 3.05) is 0 Å². The van der Waals surface area contributed by atoms with Crippen LogP contribution in [-0.4, -0.2) is 21.0 Å². The molecule has 0 radical (unpaired) electrons. The molecule has 1 fully saturated rings. The number of hydrogen-bond acceptors (Lipinski definition) is 2.